The molecule has 0 radical (unpaired) electrons. The third-order valence-corrected chi connectivity index (χ3v) is 4.11. The van der Waals surface area contributed by atoms with Crippen LogP contribution >= 0.6 is 0 Å². The van der Waals surface area contributed by atoms with Crippen molar-refractivity contribution in [1.29, 1.82) is 0 Å². The summed E-state index contributed by atoms with van der Waals surface area (Å²) in [4.78, 5) is 12.4. The van der Waals surface area contributed by atoms with E-state index in [1.165, 1.54) is 5.56 Å². The topological polar surface area (TPSA) is 47.6 Å². The quantitative estimate of drug-likeness (QED) is 0.900. The van der Waals surface area contributed by atoms with E-state index < -0.39 is 0 Å². The van der Waals surface area contributed by atoms with Crippen LogP contribution in [0.4, 0.5) is 0 Å². The number of hydrogen-bond donors (Lipinski definition) is 1. The van der Waals surface area contributed by atoms with Crippen LogP contribution in [0.5, 0.6) is 11.5 Å². The van der Waals surface area contributed by atoms with Crippen molar-refractivity contribution in [3.05, 3.63) is 59.2 Å². The molecule has 2 aromatic rings. The molecule has 1 aliphatic rings. The first-order chi connectivity index (χ1) is 11.5. The minimum absolute atomic E-state index is 0.0592. The lowest BCUT2D eigenvalue weighted by Crippen LogP contribution is -2.26. The fourth-order valence-corrected chi connectivity index (χ4v) is 2.81. The first-order valence-electron chi connectivity index (χ1n) is 8.32. The van der Waals surface area contributed by atoms with Gasteiger partial charge in [-0.25, -0.2) is 0 Å². The van der Waals surface area contributed by atoms with E-state index in [2.05, 4.69) is 43.4 Å². The van der Waals surface area contributed by atoms with Crippen LogP contribution in [0.1, 0.15) is 48.3 Å². The first-order valence-corrected chi connectivity index (χ1v) is 8.32. The van der Waals surface area contributed by atoms with Crippen LogP contribution in [0.2, 0.25) is 0 Å². The molecule has 1 atom stereocenters. The van der Waals surface area contributed by atoms with Gasteiger partial charge in [0.05, 0.1) is 6.04 Å². The van der Waals surface area contributed by atoms with E-state index >= 15 is 0 Å². The van der Waals surface area contributed by atoms with Gasteiger partial charge in [-0.3, -0.25) is 4.79 Å². The average molecular weight is 325 g/mol. The number of amides is 1. The Labute approximate surface area is 142 Å². The maximum Gasteiger partial charge on any atom is 0.251 e. The van der Waals surface area contributed by atoms with E-state index in [0.717, 1.165) is 12.0 Å². The largest absolute Gasteiger partial charge is 0.454 e. The highest BCUT2D eigenvalue weighted by Gasteiger charge is 2.17. The molecule has 0 fully saturated rings. The molecule has 0 spiro atoms. The summed E-state index contributed by atoms with van der Waals surface area (Å²) in [5.41, 5.74) is 2.99. The Hall–Kier alpha value is -2.49. The minimum Gasteiger partial charge on any atom is -0.454 e. The van der Waals surface area contributed by atoms with Gasteiger partial charge in [-0.2, -0.15) is 0 Å². The van der Waals surface area contributed by atoms with Crippen LogP contribution in [0.15, 0.2) is 42.5 Å². The molecule has 1 amide bonds. The van der Waals surface area contributed by atoms with E-state index in [0.29, 0.717) is 23.0 Å². The third-order valence-electron chi connectivity index (χ3n) is 4.11. The maximum atomic E-state index is 12.4. The molecular formula is C20H23NO3. The number of benzene rings is 2. The predicted octanol–water partition coefficient (Wildman–Crippen LogP) is 4.10. The molecule has 0 saturated carbocycles. The van der Waals surface area contributed by atoms with Crippen LogP contribution in [0, 0.1) is 5.92 Å². The highest BCUT2D eigenvalue weighted by atomic mass is 16.7. The van der Waals surface area contributed by atoms with Crippen molar-refractivity contribution in [3.8, 4) is 11.5 Å². The number of carbonyl (C=O) groups excluding carboxylic acids is 1. The zero-order valence-corrected chi connectivity index (χ0v) is 14.3. The van der Waals surface area contributed by atoms with Crippen molar-refractivity contribution in [2.24, 2.45) is 5.92 Å². The Morgan fingerprint density at radius 3 is 2.46 bits per heavy atom. The lowest BCUT2D eigenvalue weighted by molar-refractivity contribution is 0.0939. The second-order valence-electron chi connectivity index (χ2n) is 6.60. The molecular weight excluding hydrogens is 302 g/mol. The zero-order valence-electron chi connectivity index (χ0n) is 14.3. The number of rotatable bonds is 5. The van der Waals surface area contributed by atoms with Crippen molar-refractivity contribution in [2.45, 2.75) is 33.2 Å². The summed E-state index contributed by atoms with van der Waals surface area (Å²) in [5, 5.41) is 3.03. The first kappa shape index (κ1) is 16.4. The van der Waals surface area contributed by atoms with E-state index in [1.807, 2.05) is 6.92 Å². The SMILES string of the molecule is CC(C)Cc1ccc([C@H](C)NC(=O)c2ccc3c(c2)OCO3)cc1. The van der Waals surface area contributed by atoms with Gasteiger partial charge in [0.25, 0.3) is 5.91 Å². The summed E-state index contributed by atoms with van der Waals surface area (Å²) in [6, 6.07) is 13.6. The highest BCUT2D eigenvalue weighted by molar-refractivity contribution is 5.95. The fourth-order valence-electron chi connectivity index (χ4n) is 2.81. The molecule has 4 nitrogen and oxygen atoms in total. The van der Waals surface area contributed by atoms with E-state index in [4.69, 9.17) is 9.47 Å². The Bertz CT molecular complexity index is 722. The fraction of sp³-hybridized carbons (Fsp3) is 0.350. The highest BCUT2D eigenvalue weighted by Crippen LogP contribution is 2.32. The van der Waals surface area contributed by atoms with Gasteiger partial charge in [0, 0.05) is 5.56 Å². The molecule has 0 unspecified atom stereocenters. The Kier molecular flexibility index (Phi) is 4.74. The number of carbonyl (C=O) groups is 1. The molecule has 0 aromatic heterocycles. The second-order valence-corrected chi connectivity index (χ2v) is 6.60. The molecule has 0 aliphatic carbocycles. The van der Waals surface area contributed by atoms with E-state index in [9.17, 15) is 4.79 Å². The molecule has 1 heterocycles. The van der Waals surface area contributed by atoms with Crippen LogP contribution in [0.3, 0.4) is 0 Å². The van der Waals surface area contributed by atoms with Crippen molar-refractivity contribution >= 4 is 5.91 Å². The predicted molar refractivity (Wildman–Crippen MR) is 93.4 cm³/mol. The molecule has 1 aliphatic heterocycles. The van der Waals surface area contributed by atoms with Crippen molar-refractivity contribution in [2.75, 3.05) is 6.79 Å². The smallest absolute Gasteiger partial charge is 0.251 e. The summed E-state index contributed by atoms with van der Waals surface area (Å²) in [5.74, 6) is 1.82. The summed E-state index contributed by atoms with van der Waals surface area (Å²) < 4.78 is 10.6. The molecule has 24 heavy (non-hydrogen) atoms. The summed E-state index contributed by atoms with van der Waals surface area (Å²) in [7, 11) is 0. The minimum atomic E-state index is -0.118. The van der Waals surface area contributed by atoms with E-state index in [-0.39, 0.29) is 18.7 Å². The van der Waals surface area contributed by atoms with Crippen LogP contribution in [-0.4, -0.2) is 12.7 Å². The average Bonchev–Trinajstić information content (AvgIpc) is 3.02. The molecule has 1 N–H and O–H groups in total. The number of hydrogen-bond acceptors (Lipinski definition) is 3. The van der Waals surface area contributed by atoms with Crippen molar-refractivity contribution in [1.82, 2.24) is 5.32 Å². The van der Waals surface area contributed by atoms with Gasteiger partial charge in [-0.05, 0) is 48.6 Å². The van der Waals surface area contributed by atoms with Crippen molar-refractivity contribution < 1.29 is 14.3 Å². The lowest BCUT2D eigenvalue weighted by Gasteiger charge is -2.15. The van der Waals surface area contributed by atoms with Crippen LogP contribution in [-0.2, 0) is 6.42 Å². The number of nitrogens with one attached hydrogen (secondary N) is 1. The lowest BCUT2D eigenvalue weighted by atomic mass is 10.00. The third kappa shape index (κ3) is 3.70. The van der Waals surface area contributed by atoms with Crippen LogP contribution < -0.4 is 14.8 Å². The molecule has 0 saturated heterocycles. The molecule has 4 heteroatoms. The van der Waals surface area contributed by atoms with Gasteiger partial charge in [-0.1, -0.05) is 38.1 Å². The molecule has 2 aromatic carbocycles. The van der Waals surface area contributed by atoms with E-state index in [1.54, 1.807) is 18.2 Å². The Morgan fingerprint density at radius 1 is 1.04 bits per heavy atom. The van der Waals surface area contributed by atoms with Gasteiger partial charge < -0.3 is 14.8 Å². The van der Waals surface area contributed by atoms with Crippen LogP contribution in [0.25, 0.3) is 0 Å². The maximum absolute atomic E-state index is 12.4. The molecule has 3 rings (SSSR count). The van der Waals surface area contributed by atoms with Gasteiger partial charge >= 0.3 is 0 Å². The molecule has 126 valence electrons. The normalized spacial score (nSPS) is 13.8. The van der Waals surface area contributed by atoms with Gasteiger partial charge in [0.15, 0.2) is 11.5 Å². The summed E-state index contributed by atoms with van der Waals surface area (Å²) >= 11 is 0. The molecule has 0 bridgehead atoms. The standard InChI is InChI=1S/C20H23NO3/c1-13(2)10-15-4-6-16(7-5-15)14(3)21-20(22)17-8-9-18-19(11-17)24-12-23-18/h4-9,11,13-14H,10,12H2,1-3H3,(H,21,22)/t14-/m0/s1. The summed E-state index contributed by atoms with van der Waals surface area (Å²) in [6.45, 7) is 6.62. The second kappa shape index (κ2) is 6.95. The Morgan fingerprint density at radius 2 is 1.75 bits per heavy atom. The summed E-state index contributed by atoms with van der Waals surface area (Å²) in [6.07, 6.45) is 1.07. The zero-order chi connectivity index (χ0) is 17.1. The number of ether oxygens (including phenoxy) is 2. The Balaban J connectivity index is 1.65. The van der Waals surface area contributed by atoms with Gasteiger partial charge in [-0.15, -0.1) is 0 Å². The van der Waals surface area contributed by atoms with Gasteiger partial charge in [0.2, 0.25) is 6.79 Å². The monoisotopic (exact) mass is 325 g/mol. The van der Waals surface area contributed by atoms with Crippen molar-refractivity contribution in [3.63, 3.8) is 0 Å². The van der Waals surface area contributed by atoms with Gasteiger partial charge in [0.1, 0.15) is 0 Å². The number of fused-ring (bicyclic) bond motifs is 1.